The molecular weight excluding hydrogens is 286 g/mol. The largest absolute Gasteiger partial charge is 0.466 e. The van der Waals surface area contributed by atoms with E-state index in [2.05, 4.69) is 29.3 Å². The standard InChI is InChI=1S/C15H25N3O2S/c1-4-20-14(19)7-6-12-11-21-15(16-12)13-10-17(2)8-5-9-18(13)3/h11,13H,4-10H2,1-3H3. The van der Waals surface area contributed by atoms with Gasteiger partial charge in [0.2, 0.25) is 0 Å². The minimum atomic E-state index is -0.140. The summed E-state index contributed by atoms with van der Waals surface area (Å²) in [6, 6.07) is 0.360. The van der Waals surface area contributed by atoms with Gasteiger partial charge in [-0.15, -0.1) is 11.3 Å². The van der Waals surface area contributed by atoms with E-state index < -0.39 is 0 Å². The van der Waals surface area contributed by atoms with E-state index in [1.165, 1.54) is 6.42 Å². The number of esters is 1. The van der Waals surface area contributed by atoms with Crippen LogP contribution in [0.1, 0.15) is 36.5 Å². The van der Waals surface area contributed by atoms with E-state index in [0.29, 0.717) is 25.5 Å². The number of carbonyl (C=O) groups is 1. The van der Waals surface area contributed by atoms with E-state index in [9.17, 15) is 4.79 Å². The van der Waals surface area contributed by atoms with Crippen molar-refractivity contribution in [2.75, 3.05) is 40.3 Å². The number of aryl methyl sites for hydroxylation is 1. The lowest BCUT2D eigenvalue weighted by Gasteiger charge is -2.25. The zero-order valence-corrected chi connectivity index (χ0v) is 14.0. The van der Waals surface area contributed by atoms with Gasteiger partial charge in [0.25, 0.3) is 0 Å². The van der Waals surface area contributed by atoms with Crippen LogP contribution in [0.2, 0.25) is 0 Å². The van der Waals surface area contributed by atoms with Gasteiger partial charge in [0.05, 0.1) is 24.8 Å². The average Bonchev–Trinajstić information content (AvgIpc) is 2.84. The highest BCUT2D eigenvalue weighted by atomic mass is 32.1. The summed E-state index contributed by atoms with van der Waals surface area (Å²) < 4.78 is 4.96. The zero-order chi connectivity index (χ0) is 15.2. The highest BCUT2D eigenvalue weighted by Crippen LogP contribution is 2.26. The first kappa shape index (κ1) is 16.4. The molecule has 1 fully saturated rings. The fraction of sp³-hybridized carbons (Fsp3) is 0.733. The van der Waals surface area contributed by atoms with Gasteiger partial charge in [-0.25, -0.2) is 4.98 Å². The van der Waals surface area contributed by atoms with Gasteiger partial charge in [-0.3, -0.25) is 9.69 Å². The maximum Gasteiger partial charge on any atom is 0.306 e. The molecule has 2 rings (SSSR count). The van der Waals surface area contributed by atoms with Crippen molar-refractivity contribution in [1.29, 1.82) is 0 Å². The third-order valence-electron chi connectivity index (χ3n) is 3.81. The summed E-state index contributed by atoms with van der Waals surface area (Å²) >= 11 is 1.70. The monoisotopic (exact) mass is 311 g/mol. The van der Waals surface area contributed by atoms with Crippen molar-refractivity contribution >= 4 is 17.3 Å². The highest BCUT2D eigenvalue weighted by Gasteiger charge is 2.24. The molecule has 0 aromatic carbocycles. The zero-order valence-electron chi connectivity index (χ0n) is 13.2. The summed E-state index contributed by atoms with van der Waals surface area (Å²) in [5.74, 6) is -0.140. The van der Waals surface area contributed by atoms with Gasteiger partial charge in [0.15, 0.2) is 0 Å². The first-order valence-electron chi connectivity index (χ1n) is 7.59. The van der Waals surface area contributed by atoms with Crippen molar-refractivity contribution in [2.24, 2.45) is 0 Å². The van der Waals surface area contributed by atoms with Crippen LogP contribution in [-0.2, 0) is 16.0 Å². The molecule has 1 aliphatic rings. The van der Waals surface area contributed by atoms with Crippen LogP contribution >= 0.6 is 11.3 Å². The van der Waals surface area contributed by atoms with Crippen LogP contribution in [0.15, 0.2) is 5.38 Å². The van der Waals surface area contributed by atoms with Crippen molar-refractivity contribution in [3.63, 3.8) is 0 Å². The molecule has 0 bridgehead atoms. The van der Waals surface area contributed by atoms with Gasteiger partial charge in [-0.1, -0.05) is 0 Å². The Morgan fingerprint density at radius 2 is 2.29 bits per heavy atom. The number of nitrogens with zero attached hydrogens (tertiary/aromatic N) is 3. The number of carbonyl (C=O) groups excluding carboxylic acids is 1. The molecule has 1 saturated heterocycles. The molecule has 0 radical (unpaired) electrons. The van der Waals surface area contributed by atoms with Crippen LogP contribution in [0.3, 0.4) is 0 Å². The molecule has 118 valence electrons. The Bertz CT molecular complexity index is 464. The topological polar surface area (TPSA) is 45.7 Å². The SMILES string of the molecule is CCOC(=O)CCc1csc(C2CN(C)CCCN2C)n1. The summed E-state index contributed by atoms with van der Waals surface area (Å²) in [4.78, 5) is 20.9. The Kier molecular flexibility index (Phi) is 6.14. The van der Waals surface area contributed by atoms with Crippen molar-refractivity contribution in [3.05, 3.63) is 16.1 Å². The predicted molar refractivity (Wildman–Crippen MR) is 84.6 cm³/mol. The first-order chi connectivity index (χ1) is 10.1. The summed E-state index contributed by atoms with van der Waals surface area (Å²) in [6.07, 6.45) is 2.28. The lowest BCUT2D eigenvalue weighted by molar-refractivity contribution is -0.143. The maximum atomic E-state index is 11.4. The quantitative estimate of drug-likeness (QED) is 0.778. The number of likely N-dealkylation sites (N-methyl/N-ethyl adjacent to an activating group) is 2. The number of hydrogen-bond donors (Lipinski definition) is 0. The highest BCUT2D eigenvalue weighted by molar-refractivity contribution is 7.09. The molecule has 2 heterocycles. The second-order valence-corrected chi connectivity index (χ2v) is 6.48. The Balaban J connectivity index is 1.96. The molecule has 6 heteroatoms. The normalized spacial score (nSPS) is 21.2. The molecule has 0 saturated carbocycles. The van der Waals surface area contributed by atoms with Crippen LogP contribution in [0.4, 0.5) is 0 Å². The molecule has 5 nitrogen and oxygen atoms in total. The minimum absolute atomic E-state index is 0.140. The van der Waals surface area contributed by atoms with E-state index in [4.69, 9.17) is 9.72 Å². The molecule has 0 spiro atoms. The van der Waals surface area contributed by atoms with E-state index in [1.807, 2.05) is 6.92 Å². The number of rotatable bonds is 5. The van der Waals surface area contributed by atoms with E-state index in [0.717, 1.165) is 30.3 Å². The van der Waals surface area contributed by atoms with E-state index >= 15 is 0 Å². The predicted octanol–water partition coefficient (Wildman–Crippen LogP) is 1.95. The van der Waals surface area contributed by atoms with E-state index in [-0.39, 0.29) is 5.97 Å². The summed E-state index contributed by atoms with van der Waals surface area (Å²) in [5, 5.41) is 3.23. The van der Waals surface area contributed by atoms with Gasteiger partial charge in [0, 0.05) is 18.3 Å². The maximum absolute atomic E-state index is 11.4. The third kappa shape index (κ3) is 4.76. The summed E-state index contributed by atoms with van der Waals surface area (Å²) in [7, 11) is 4.34. The fourth-order valence-corrected chi connectivity index (χ4v) is 3.60. The number of aromatic nitrogens is 1. The molecule has 1 unspecified atom stereocenters. The summed E-state index contributed by atoms with van der Waals surface area (Å²) in [6.45, 7) is 5.54. The van der Waals surface area contributed by atoms with Crippen LogP contribution in [0, 0.1) is 0 Å². The van der Waals surface area contributed by atoms with E-state index in [1.54, 1.807) is 11.3 Å². The van der Waals surface area contributed by atoms with Crippen LogP contribution in [0.5, 0.6) is 0 Å². The molecule has 21 heavy (non-hydrogen) atoms. The van der Waals surface area contributed by atoms with Crippen LogP contribution in [-0.4, -0.2) is 61.1 Å². The number of ether oxygens (including phenoxy) is 1. The Hall–Kier alpha value is -0.980. The molecule has 1 aromatic heterocycles. The van der Waals surface area contributed by atoms with Crippen LogP contribution < -0.4 is 0 Å². The molecule has 1 aromatic rings. The molecule has 1 aliphatic heterocycles. The molecular formula is C15H25N3O2S. The second-order valence-electron chi connectivity index (χ2n) is 5.59. The summed E-state index contributed by atoms with van der Waals surface area (Å²) in [5.41, 5.74) is 1.00. The first-order valence-corrected chi connectivity index (χ1v) is 8.46. The molecule has 0 aliphatic carbocycles. The number of thiazole rings is 1. The molecule has 0 N–H and O–H groups in total. The third-order valence-corrected chi connectivity index (χ3v) is 4.81. The molecule has 0 amide bonds. The van der Waals surface area contributed by atoms with Crippen molar-refractivity contribution < 1.29 is 9.53 Å². The Labute approximate surface area is 130 Å². The van der Waals surface area contributed by atoms with Crippen molar-refractivity contribution in [3.8, 4) is 0 Å². The van der Waals surface area contributed by atoms with Gasteiger partial charge in [-0.2, -0.15) is 0 Å². The van der Waals surface area contributed by atoms with Crippen molar-refractivity contribution in [2.45, 2.75) is 32.2 Å². The number of hydrogen-bond acceptors (Lipinski definition) is 6. The van der Waals surface area contributed by atoms with Crippen LogP contribution in [0.25, 0.3) is 0 Å². The fourth-order valence-electron chi connectivity index (χ4n) is 2.59. The Morgan fingerprint density at radius 3 is 3.05 bits per heavy atom. The smallest absolute Gasteiger partial charge is 0.306 e. The van der Waals surface area contributed by atoms with Gasteiger partial charge in [0.1, 0.15) is 5.01 Å². The van der Waals surface area contributed by atoms with Gasteiger partial charge in [-0.05, 0) is 40.5 Å². The van der Waals surface area contributed by atoms with Gasteiger partial charge < -0.3 is 9.64 Å². The minimum Gasteiger partial charge on any atom is -0.466 e. The molecule has 1 atom stereocenters. The average molecular weight is 311 g/mol. The lowest BCUT2D eigenvalue weighted by atomic mass is 10.2. The lowest BCUT2D eigenvalue weighted by Crippen LogP contribution is -2.30. The Morgan fingerprint density at radius 1 is 1.48 bits per heavy atom. The van der Waals surface area contributed by atoms with Gasteiger partial charge >= 0.3 is 5.97 Å². The second kappa shape index (κ2) is 7.87. The van der Waals surface area contributed by atoms with Crippen molar-refractivity contribution in [1.82, 2.24) is 14.8 Å².